The molecule has 9 nitrogen and oxygen atoms in total. The molecule has 1 amide bonds. The Labute approximate surface area is 170 Å². The van der Waals surface area contributed by atoms with Crippen LogP contribution in [0, 0.1) is 0 Å². The zero-order valence-electron chi connectivity index (χ0n) is 15.3. The van der Waals surface area contributed by atoms with Gasteiger partial charge < -0.3 is 19.9 Å². The van der Waals surface area contributed by atoms with Gasteiger partial charge in [-0.3, -0.25) is 14.7 Å². The predicted molar refractivity (Wildman–Crippen MR) is 106 cm³/mol. The summed E-state index contributed by atoms with van der Waals surface area (Å²) < 4.78 is 10.5. The van der Waals surface area contributed by atoms with Crippen molar-refractivity contribution in [3.63, 3.8) is 0 Å². The van der Waals surface area contributed by atoms with Crippen molar-refractivity contribution in [1.29, 1.82) is 0 Å². The third-order valence-electron chi connectivity index (χ3n) is 3.88. The molecule has 1 aromatic carbocycles. The van der Waals surface area contributed by atoms with Gasteiger partial charge in [0.05, 0.1) is 36.0 Å². The first-order chi connectivity index (χ1) is 14.1. The van der Waals surface area contributed by atoms with E-state index in [-0.39, 0.29) is 36.9 Å². The number of rotatable bonds is 8. The minimum atomic E-state index is -1.05. The van der Waals surface area contributed by atoms with Crippen LogP contribution < -0.4 is 5.32 Å². The fourth-order valence-electron chi connectivity index (χ4n) is 2.61. The molecule has 2 aromatic rings. The highest BCUT2D eigenvalue weighted by atomic mass is 32.2. The van der Waals surface area contributed by atoms with Crippen LogP contribution in [0.3, 0.4) is 0 Å². The van der Waals surface area contributed by atoms with Gasteiger partial charge in [0, 0.05) is 11.4 Å². The number of allylic oxidation sites excluding steroid dienone is 1. The summed E-state index contributed by atoms with van der Waals surface area (Å²) in [5.74, 6) is -1.51. The van der Waals surface area contributed by atoms with Crippen LogP contribution in [0.2, 0.25) is 0 Å². The number of amides is 1. The zero-order chi connectivity index (χ0) is 20.6. The van der Waals surface area contributed by atoms with Gasteiger partial charge in [-0.25, -0.2) is 4.79 Å². The Morgan fingerprint density at radius 2 is 2.10 bits per heavy atom. The number of hydrogen-bond acceptors (Lipinski definition) is 7. The average Bonchev–Trinajstić information content (AvgIpc) is 3.11. The summed E-state index contributed by atoms with van der Waals surface area (Å²) in [6.07, 6.45) is 1.64. The highest BCUT2D eigenvalue weighted by Crippen LogP contribution is 2.27. The molecular formula is C19H19N3O6S. The predicted octanol–water partition coefficient (Wildman–Crippen LogP) is 2.09. The van der Waals surface area contributed by atoms with Gasteiger partial charge in [-0.1, -0.05) is 18.2 Å². The van der Waals surface area contributed by atoms with Crippen LogP contribution in [0.5, 0.6) is 0 Å². The SMILES string of the molecule is O=C(O)COCCS/C1=C/COCc2[nH]nc(C(=O)Nc3ccccc3)c2C1=O. The van der Waals surface area contributed by atoms with Gasteiger partial charge in [-0.05, 0) is 18.2 Å². The maximum atomic E-state index is 13.1. The molecule has 2 heterocycles. The number of nitrogens with zero attached hydrogens (tertiary/aromatic N) is 1. The van der Waals surface area contributed by atoms with Crippen LogP contribution in [0.4, 0.5) is 5.69 Å². The minimum Gasteiger partial charge on any atom is -0.480 e. The molecule has 152 valence electrons. The zero-order valence-corrected chi connectivity index (χ0v) is 16.2. The van der Waals surface area contributed by atoms with E-state index in [4.69, 9.17) is 14.6 Å². The quantitative estimate of drug-likeness (QED) is 0.557. The van der Waals surface area contributed by atoms with Crippen molar-refractivity contribution < 1.29 is 29.0 Å². The van der Waals surface area contributed by atoms with Crippen molar-refractivity contribution in [3.05, 3.63) is 58.3 Å². The molecular weight excluding hydrogens is 398 g/mol. The van der Waals surface area contributed by atoms with Crippen molar-refractivity contribution in [2.24, 2.45) is 0 Å². The molecule has 3 rings (SSSR count). The van der Waals surface area contributed by atoms with Gasteiger partial charge in [-0.15, -0.1) is 11.8 Å². The van der Waals surface area contributed by atoms with E-state index in [1.807, 2.05) is 6.07 Å². The van der Waals surface area contributed by atoms with E-state index in [0.29, 0.717) is 22.0 Å². The number of thioether (sulfide) groups is 1. The van der Waals surface area contributed by atoms with Crippen LogP contribution in [-0.4, -0.2) is 58.5 Å². The Hall–Kier alpha value is -2.95. The number of carbonyl (C=O) groups is 3. The van der Waals surface area contributed by atoms with E-state index in [0.717, 1.165) is 0 Å². The molecule has 0 atom stereocenters. The Kier molecular flexibility index (Phi) is 7.17. The molecule has 0 aliphatic carbocycles. The number of aliphatic carboxylic acids is 1. The average molecular weight is 417 g/mol. The minimum absolute atomic E-state index is 0.00650. The molecule has 10 heteroatoms. The largest absolute Gasteiger partial charge is 0.480 e. The standard InChI is InChI=1S/C19H19N3O6S/c23-15(24)11-28-8-9-29-14-6-7-27-10-13-16(18(14)25)17(22-21-13)19(26)20-12-4-2-1-3-5-12/h1-6H,7-11H2,(H,20,26)(H,21,22)(H,23,24)/b14-6+. The first-order valence-corrected chi connectivity index (χ1v) is 9.73. The number of anilines is 1. The monoisotopic (exact) mass is 417 g/mol. The number of aromatic nitrogens is 2. The first kappa shape index (κ1) is 20.8. The van der Waals surface area contributed by atoms with Gasteiger partial charge in [0.2, 0.25) is 5.78 Å². The number of ether oxygens (including phenoxy) is 2. The van der Waals surface area contributed by atoms with Gasteiger partial charge in [0.1, 0.15) is 6.61 Å². The van der Waals surface area contributed by atoms with E-state index in [1.54, 1.807) is 30.3 Å². The lowest BCUT2D eigenvalue weighted by Gasteiger charge is -2.12. The van der Waals surface area contributed by atoms with Crippen molar-refractivity contribution in [1.82, 2.24) is 10.2 Å². The molecule has 1 aliphatic heterocycles. The van der Waals surface area contributed by atoms with Gasteiger partial charge in [-0.2, -0.15) is 5.10 Å². The Morgan fingerprint density at radius 1 is 1.31 bits per heavy atom. The topological polar surface area (TPSA) is 131 Å². The van der Waals surface area contributed by atoms with Crippen molar-refractivity contribution in [3.8, 4) is 0 Å². The number of H-pyrrole nitrogens is 1. The fourth-order valence-corrected chi connectivity index (χ4v) is 3.45. The summed E-state index contributed by atoms with van der Waals surface area (Å²) in [4.78, 5) is 36.6. The lowest BCUT2D eigenvalue weighted by atomic mass is 10.1. The first-order valence-electron chi connectivity index (χ1n) is 8.75. The second kappa shape index (κ2) is 10.0. The number of hydrogen-bond donors (Lipinski definition) is 3. The van der Waals surface area contributed by atoms with Crippen molar-refractivity contribution >= 4 is 35.1 Å². The van der Waals surface area contributed by atoms with E-state index < -0.39 is 18.5 Å². The highest BCUT2D eigenvalue weighted by molar-refractivity contribution is 8.04. The normalized spacial score (nSPS) is 15.6. The Bertz CT molecular complexity index is 925. The number of Topliss-reactive ketones (excluding diaryl/α,β-unsaturated/α-hetero) is 1. The fraction of sp³-hybridized carbons (Fsp3) is 0.263. The van der Waals surface area contributed by atoms with E-state index >= 15 is 0 Å². The maximum Gasteiger partial charge on any atom is 0.329 e. The van der Waals surface area contributed by atoms with Crippen LogP contribution in [-0.2, 0) is 20.9 Å². The number of aromatic amines is 1. The third kappa shape index (κ3) is 5.53. The summed E-state index contributed by atoms with van der Waals surface area (Å²) in [6, 6.07) is 8.87. The van der Waals surface area contributed by atoms with Crippen LogP contribution in [0.1, 0.15) is 26.5 Å². The molecule has 29 heavy (non-hydrogen) atoms. The smallest absolute Gasteiger partial charge is 0.329 e. The molecule has 0 radical (unpaired) electrons. The summed E-state index contributed by atoms with van der Waals surface area (Å²) in [5, 5.41) is 18.0. The number of carbonyl (C=O) groups excluding carboxylic acids is 2. The lowest BCUT2D eigenvalue weighted by molar-refractivity contribution is -0.141. The molecule has 1 aliphatic rings. The molecule has 0 fully saturated rings. The van der Waals surface area contributed by atoms with E-state index in [1.165, 1.54) is 11.8 Å². The van der Waals surface area contributed by atoms with Gasteiger partial charge >= 0.3 is 5.97 Å². The van der Waals surface area contributed by atoms with Crippen molar-refractivity contribution in [2.45, 2.75) is 6.61 Å². The second-order valence-corrected chi connectivity index (χ2v) is 7.09. The lowest BCUT2D eigenvalue weighted by Crippen LogP contribution is -2.19. The second-order valence-electron chi connectivity index (χ2n) is 5.95. The number of para-hydroxylation sites is 1. The number of ketones is 1. The number of fused-ring (bicyclic) bond motifs is 1. The number of carboxylic acid groups (broad SMARTS) is 1. The van der Waals surface area contributed by atoms with Crippen LogP contribution in [0.25, 0.3) is 0 Å². The Morgan fingerprint density at radius 3 is 2.86 bits per heavy atom. The highest BCUT2D eigenvalue weighted by Gasteiger charge is 2.28. The third-order valence-corrected chi connectivity index (χ3v) is 4.92. The summed E-state index contributed by atoms with van der Waals surface area (Å²) in [5.41, 5.74) is 1.18. The molecule has 0 saturated carbocycles. The maximum absolute atomic E-state index is 13.1. The van der Waals surface area contributed by atoms with Crippen LogP contribution in [0.15, 0.2) is 41.3 Å². The molecule has 3 N–H and O–H groups in total. The number of benzene rings is 1. The molecule has 1 aromatic heterocycles. The molecule has 0 spiro atoms. The van der Waals surface area contributed by atoms with Gasteiger partial charge in [0.15, 0.2) is 5.69 Å². The number of nitrogens with one attached hydrogen (secondary N) is 2. The van der Waals surface area contributed by atoms with Gasteiger partial charge in [0.25, 0.3) is 5.91 Å². The number of carboxylic acids is 1. The molecule has 0 bridgehead atoms. The Balaban J connectivity index is 1.73. The molecule has 0 unspecified atom stereocenters. The summed E-state index contributed by atoms with van der Waals surface area (Å²) in [6.45, 7) is 0.130. The van der Waals surface area contributed by atoms with Crippen molar-refractivity contribution in [2.75, 3.05) is 30.9 Å². The summed E-state index contributed by atoms with van der Waals surface area (Å²) >= 11 is 1.21. The van der Waals surface area contributed by atoms with E-state index in [2.05, 4.69) is 15.5 Å². The van der Waals surface area contributed by atoms with Crippen LogP contribution >= 0.6 is 11.8 Å². The van der Waals surface area contributed by atoms with E-state index in [9.17, 15) is 14.4 Å². The summed E-state index contributed by atoms with van der Waals surface area (Å²) in [7, 11) is 0. The molecule has 0 saturated heterocycles.